The number of hydrogen-bond donors (Lipinski definition) is 1. The molecule has 0 aromatic carbocycles. The van der Waals surface area contributed by atoms with Crippen molar-refractivity contribution in [2.75, 3.05) is 5.32 Å². The monoisotopic (exact) mass is 248 g/mol. The number of nitrogens with one attached hydrogen (secondary N) is 1. The summed E-state index contributed by atoms with van der Waals surface area (Å²) >= 11 is 0. The molecule has 0 unspecified atom stereocenters. The summed E-state index contributed by atoms with van der Waals surface area (Å²) in [6.45, 7) is 13.2. The van der Waals surface area contributed by atoms with Crippen LogP contribution >= 0.6 is 0 Å². The van der Waals surface area contributed by atoms with E-state index in [1.807, 2.05) is 26.0 Å². The maximum Gasteiger partial charge on any atom is 0.169 e. The maximum absolute atomic E-state index is 5.79. The summed E-state index contributed by atoms with van der Waals surface area (Å²) in [6.07, 6.45) is 1.97. The van der Waals surface area contributed by atoms with Crippen molar-refractivity contribution in [3.05, 3.63) is 18.3 Å². The van der Waals surface area contributed by atoms with Crippen molar-refractivity contribution in [2.24, 2.45) is 10.8 Å². The molecule has 0 spiro atoms. The van der Waals surface area contributed by atoms with Gasteiger partial charge in [0.2, 0.25) is 0 Å². The lowest BCUT2D eigenvalue weighted by atomic mass is 10.0. The van der Waals surface area contributed by atoms with Crippen LogP contribution in [0.1, 0.15) is 41.5 Å². The van der Waals surface area contributed by atoms with Crippen LogP contribution in [0.2, 0.25) is 0 Å². The van der Waals surface area contributed by atoms with Crippen LogP contribution in [-0.2, 0) is 0 Å². The minimum Gasteiger partial charge on any atom is -0.487 e. The highest BCUT2D eigenvalue weighted by atomic mass is 16.5. The third-order valence-corrected chi connectivity index (χ3v) is 4.44. The molecule has 0 bridgehead atoms. The Kier molecular flexibility index (Phi) is 3.04. The van der Waals surface area contributed by atoms with E-state index in [1.165, 1.54) is 0 Å². The molecule has 0 atom stereocenters. The van der Waals surface area contributed by atoms with Crippen LogP contribution in [-0.4, -0.2) is 17.1 Å². The minimum atomic E-state index is 0.162. The Balaban J connectivity index is 2.16. The quantitative estimate of drug-likeness (QED) is 0.882. The number of pyridine rings is 1. The van der Waals surface area contributed by atoms with E-state index in [0.717, 1.165) is 11.6 Å². The Morgan fingerprint density at radius 2 is 1.83 bits per heavy atom. The normalized spacial score (nSPS) is 20.8. The van der Waals surface area contributed by atoms with E-state index >= 15 is 0 Å². The van der Waals surface area contributed by atoms with Crippen LogP contribution in [0.15, 0.2) is 18.3 Å². The number of anilines is 1. The summed E-state index contributed by atoms with van der Waals surface area (Å²) < 4.78 is 5.79. The molecule has 1 heterocycles. The molecular weight excluding hydrogens is 224 g/mol. The van der Waals surface area contributed by atoms with Crippen LogP contribution in [0.4, 0.5) is 5.82 Å². The second-order valence-electron chi connectivity index (χ2n) is 6.54. The molecule has 18 heavy (non-hydrogen) atoms. The molecule has 3 nitrogen and oxygen atoms in total. The lowest BCUT2D eigenvalue weighted by Crippen LogP contribution is -2.14. The van der Waals surface area contributed by atoms with Crippen LogP contribution in [0.25, 0.3) is 0 Å². The Morgan fingerprint density at radius 3 is 2.33 bits per heavy atom. The molecule has 1 aromatic rings. The molecule has 1 aliphatic rings. The average Bonchev–Trinajstić information content (AvgIpc) is 2.63. The first-order valence-electron chi connectivity index (χ1n) is 6.65. The zero-order valence-electron chi connectivity index (χ0n) is 12.2. The fourth-order valence-electron chi connectivity index (χ4n) is 2.54. The number of nitrogens with zero attached hydrogens (tertiary/aromatic N) is 1. The highest BCUT2D eigenvalue weighted by Gasteiger charge is 2.65. The Bertz CT molecular complexity index is 424. The van der Waals surface area contributed by atoms with E-state index in [9.17, 15) is 0 Å². The van der Waals surface area contributed by atoms with Gasteiger partial charge in [0.1, 0.15) is 0 Å². The topological polar surface area (TPSA) is 34.1 Å². The SMILES string of the molecule is CC(C)Oc1cccnc1NC1C(C)(C)C1(C)C. The highest BCUT2D eigenvalue weighted by Crippen LogP contribution is 2.63. The summed E-state index contributed by atoms with van der Waals surface area (Å²) in [4.78, 5) is 4.41. The number of aromatic nitrogens is 1. The Labute approximate surface area is 110 Å². The molecule has 2 rings (SSSR count). The number of rotatable bonds is 4. The van der Waals surface area contributed by atoms with Gasteiger partial charge in [0, 0.05) is 12.2 Å². The Morgan fingerprint density at radius 1 is 1.22 bits per heavy atom. The zero-order valence-corrected chi connectivity index (χ0v) is 12.2. The molecule has 1 N–H and O–H groups in total. The van der Waals surface area contributed by atoms with Gasteiger partial charge < -0.3 is 10.1 Å². The first kappa shape index (κ1) is 13.2. The van der Waals surface area contributed by atoms with E-state index in [-0.39, 0.29) is 6.10 Å². The lowest BCUT2D eigenvalue weighted by molar-refractivity contribution is 0.243. The molecule has 1 aliphatic carbocycles. The first-order chi connectivity index (χ1) is 8.26. The minimum absolute atomic E-state index is 0.162. The van der Waals surface area contributed by atoms with Gasteiger partial charge in [-0.2, -0.15) is 0 Å². The van der Waals surface area contributed by atoms with Crippen LogP contribution in [0, 0.1) is 10.8 Å². The van der Waals surface area contributed by atoms with Crippen LogP contribution < -0.4 is 10.1 Å². The van der Waals surface area contributed by atoms with E-state index in [2.05, 4.69) is 38.0 Å². The average molecular weight is 248 g/mol. The van der Waals surface area contributed by atoms with Crippen molar-refractivity contribution in [1.82, 2.24) is 4.98 Å². The van der Waals surface area contributed by atoms with Gasteiger partial charge in [-0.25, -0.2) is 4.98 Å². The second kappa shape index (κ2) is 4.15. The van der Waals surface area contributed by atoms with Crippen LogP contribution in [0.5, 0.6) is 5.75 Å². The molecule has 1 fully saturated rings. The van der Waals surface area contributed by atoms with Gasteiger partial charge in [-0.1, -0.05) is 27.7 Å². The van der Waals surface area contributed by atoms with E-state index in [1.54, 1.807) is 6.20 Å². The summed E-state index contributed by atoms with van der Waals surface area (Å²) in [5, 5.41) is 3.53. The second-order valence-corrected chi connectivity index (χ2v) is 6.54. The molecule has 100 valence electrons. The molecular formula is C15H24N2O. The van der Waals surface area contributed by atoms with Crippen molar-refractivity contribution < 1.29 is 4.74 Å². The van der Waals surface area contributed by atoms with Gasteiger partial charge in [-0.05, 0) is 36.8 Å². The third kappa shape index (κ3) is 2.06. The zero-order chi connectivity index (χ0) is 13.6. The fraction of sp³-hybridized carbons (Fsp3) is 0.667. The van der Waals surface area contributed by atoms with Gasteiger partial charge in [0.25, 0.3) is 0 Å². The number of ether oxygens (including phenoxy) is 1. The molecule has 1 aromatic heterocycles. The summed E-state index contributed by atoms with van der Waals surface area (Å²) in [5.41, 5.74) is 0.583. The fourth-order valence-corrected chi connectivity index (χ4v) is 2.54. The number of hydrogen-bond acceptors (Lipinski definition) is 3. The summed E-state index contributed by atoms with van der Waals surface area (Å²) in [7, 11) is 0. The highest BCUT2D eigenvalue weighted by molar-refractivity contribution is 5.53. The molecule has 0 radical (unpaired) electrons. The molecule has 1 saturated carbocycles. The smallest absolute Gasteiger partial charge is 0.169 e. The molecule has 3 heteroatoms. The van der Waals surface area contributed by atoms with Crippen molar-refractivity contribution in [3.8, 4) is 5.75 Å². The van der Waals surface area contributed by atoms with Gasteiger partial charge in [0.15, 0.2) is 11.6 Å². The first-order valence-corrected chi connectivity index (χ1v) is 6.65. The lowest BCUT2D eigenvalue weighted by Gasteiger charge is -2.15. The standard InChI is InChI=1S/C15H24N2O/c1-10(2)18-11-8-7-9-16-12(11)17-13-14(3,4)15(13,5)6/h7-10,13H,1-6H3,(H,16,17). The van der Waals surface area contributed by atoms with Gasteiger partial charge in [-0.3, -0.25) is 0 Å². The molecule has 0 aliphatic heterocycles. The van der Waals surface area contributed by atoms with Crippen molar-refractivity contribution in [2.45, 2.75) is 53.7 Å². The molecule has 0 saturated heterocycles. The third-order valence-electron chi connectivity index (χ3n) is 4.44. The van der Waals surface area contributed by atoms with E-state index < -0.39 is 0 Å². The summed E-state index contributed by atoms with van der Waals surface area (Å²) in [5.74, 6) is 1.70. The van der Waals surface area contributed by atoms with Gasteiger partial charge in [0.05, 0.1) is 6.10 Å². The van der Waals surface area contributed by atoms with Gasteiger partial charge in [-0.15, -0.1) is 0 Å². The largest absolute Gasteiger partial charge is 0.487 e. The summed E-state index contributed by atoms with van der Waals surface area (Å²) in [6, 6.07) is 4.32. The predicted molar refractivity (Wildman–Crippen MR) is 75.0 cm³/mol. The van der Waals surface area contributed by atoms with Gasteiger partial charge >= 0.3 is 0 Å². The van der Waals surface area contributed by atoms with Crippen molar-refractivity contribution in [3.63, 3.8) is 0 Å². The molecule has 0 amide bonds. The predicted octanol–water partition coefficient (Wildman–Crippen LogP) is 3.72. The van der Waals surface area contributed by atoms with Crippen molar-refractivity contribution in [1.29, 1.82) is 0 Å². The maximum atomic E-state index is 5.79. The Hall–Kier alpha value is -1.25. The van der Waals surface area contributed by atoms with Crippen LogP contribution in [0.3, 0.4) is 0 Å². The van der Waals surface area contributed by atoms with E-state index in [4.69, 9.17) is 4.74 Å². The van der Waals surface area contributed by atoms with E-state index in [0.29, 0.717) is 16.9 Å². The van der Waals surface area contributed by atoms with Crippen molar-refractivity contribution >= 4 is 5.82 Å².